The number of sulfonamides is 1. The smallest absolute Gasteiger partial charge is 0.241 e. The van der Waals surface area contributed by atoms with E-state index in [4.69, 9.17) is 10.5 Å². The number of amides is 1. The third-order valence-electron chi connectivity index (χ3n) is 2.80. The van der Waals surface area contributed by atoms with Crippen LogP contribution in [0.4, 0.5) is 0 Å². The van der Waals surface area contributed by atoms with Crippen LogP contribution in [-0.4, -0.2) is 40.6 Å². The van der Waals surface area contributed by atoms with Crippen LogP contribution < -0.4 is 15.8 Å². The lowest BCUT2D eigenvalue weighted by Crippen LogP contribution is -2.45. The van der Waals surface area contributed by atoms with Crippen LogP contribution in [0.3, 0.4) is 0 Å². The quantitative estimate of drug-likeness (QED) is 0.564. The van der Waals surface area contributed by atoms with Gasteiger partial charge in [0.15, 0.2) is 0 Å². The summed E-state index contributed by atoms with van der Waals surface area (Å²) >= 11 is 0. The van der Waals surface area contributed by atoms with E-state index in [0.717, 1.165) is 5.56 Å². The zero-order chi connectivity index (χ0) is 15.9. The van der Waals surface area contributed by atoms with Crippen LogP contribution in [0.15, 0.2) is 29.2 Å². The van der Waals surface area contributed by atoms with Crippen molar-refractivity contribution in [3.05, 3.63) is 29.8 Å². The Hall–Kier alpha value is -1.48. The number of hydrogen-bond acceptors (Lipinski definition) is 5. The highest BCUT2D eigenvalue weighted by Crippen LogP contribution is 2.10. The summed E-state index contributed by atoms with van der Waals surface area (Å²) in [7, 11) is -2.23. The number of ether oxygens (including phenoxy) is 1. The molecule has 0 bridgehead atoms. The molecule has 1 atom stereocenters. The zero-order valence-electron chi connectivity index (χ0n) is 12.1. The first-order chi connectivity index (χ1) is 9.90. The number of methoxy groups -OCH3 is 1. The van der Waals surface area contributed by atoms with Crippen molar-refractivity contribution in [2.75, 3.05) is 20.3 Å². The van der Waals surface area contributed by atoms with Crippen molar-refractivity contribution in [1.29, 1.82) is 0 Å². The number of benzene rings is 1. The lowest BCUT2D eigenvalue weighted by atomic mass is 10.2. The zero-order valence-corrected chi connectivity index (χ0v) is 12.9. The number of nitrogens with two attached hydrogens (primary N) is 1. The number of carbonyl (C=O) groups is 1. The van der Waals surface area contributed by atoms with E-state index in [0.29, 0.717) is 19.7 Å². The van der Waals surface area contributed by atoms with E-state index >= 15 is 0 Å². The minimum Gasteiger partial charge on any atom is -0.383 e. The Labute approximate surface area is 124 Å². The molecular weight excluding hydrogens is 294 g/mol. The molecule has 0 aliphatic carbocycles. The van der Waals surface area contributed by atoms with Crippen molar-refractivity contribution in [2.45, 2.75) is 24.4 Å². The maximum absolute atomic E-state index is 12.1. The van der Waals surface area contributed by atoms with Crippen LogP contribution in [0.2, 0.25) is 0 Å². The van der Waals surface area contributed by atoms with Crippen LogP contribution in [0, 0.1) is 0 Å². The minimum atomic E-state index is -3.74. The summed E-state index contributed by atoms with van der Waals surface area (Å²) in [4.78, 5) is 11.8. The van der Waals surface area contributed by atoms with E-state index in [9.17, 15) is 13.2 Å². The van der Waals surface area contributed by atoms with Gasteiger partial charge in [0, 0.05) is 20.2 Å². The van der Waals surface area contributed by atoms with Gasteiger partial charge < -0.3 is 15.8 Å². The Kier molecular flexibility index (Phi) is 6.76. The molecule has 0 radical (unpaired) electrons. The summed E-state index contributed by atoms with van der Waals surface area (Å²) < 4.78 is 31.4. The lowest BCUT2D eigenvalue weighted by Gasteiger charge is -2.14. The van der Waals surface area contributed by atoms with Crippen molar-refractivity contribution in [3.63, 3.8) is 0 Å². The minimum absolute atomic E-state index is 0.0937. The summed E-state index contributed by atoms with van der Waals surface area (Å²) in [6, 6.07) is 5.32. The fraction of sp³-hybridized carbons (Fsp3) is 0.462. The van der Waals surface area contributed by atoms with E-state index in [-0.39, 0.29) is 4.90 Å². The highest BCUT2D eigenvalue weighted by molar-refractivity contribution is 7.89. The van der Waals surface area contributed by atoms with Gasteiger partial charge in [0.25, 0.3) is 0 Å². The van der Waals surface area contributed by atoms with Crippen molar-refractivity contribution >= 4 is 15.9 Å². The molecule has 1 aromatic carbocycles. The molecule has 0 aliphatic heterocycles. The van der Waals surface area contributed by atoms with Gasteiger partial charge in [-0.1, -0.05) is 12.1 Å². The molecule has 1 aromatic rings. The summed E-state index contributed by atoms with van der Waals surface area (Å²) in [5.74, 6) is -0.408. The number of carbonyl (C=O) groups excluding carboxylic acids is 1. The molecule has 4 N–H and O–H groups in total. The highest BCUT2D eigenvalue weighted by atomic mass is 32.2. The van der Waals surface area contributed by atoms with Crippen molar-refractivity contribution in [1.82, 2.24) is 10.0 Å². The van der Waals surface area contributed by atoms with E-state index in [2.05, 4.69) is 10.0 Å². The second-order valence-electron chi connectivity index (χ2n) is 4.47. The summed E-state index contributed by atoms with van der Waals surface area (Å²) in [6.45, 7) is 2.51. The normalized spacial score (nSPS) is 12.9. The molecule has 0 saturated heterocycles. The van der Waals surface area contributed by atoms with E-state index < -0.39 is 22.0 Å². The van der Waals surface area contributed by atoms with E-state index in [1.54, 1.807) is 12.1 Å². The fourth-order valence-corrected chi connectivity index (χ4v) is 2.79. The molecule has 0 heterocycles. The Morgan fingerprint density at radius 3 is 2.48 bits per heavy atom. The molecule has 0 fully saturated rings. The molecule has 1 amide bonds. The molecule has 8 heteroatoms. The van der Waals surface area contributed by atoms with Crippen molar-refractivity contribution in [3.8, 4) is 0 Å². The average molecular weight is 315 g/mol. The maximum Gasteiger partial charge on any atom is 0.241 e. The Bertz CT molecular complexity index is 557. The molecule has 0 aliphatic rings. The van der Waals surface area contributed by atoms with Gasteiger partial charge in [0.05, 0.1) is 17.5 Å². The van der Waals surface area contributed by atoms with Crippen LogP contribution in [0.5, 0.6) is 0 Å². The Morgan fingerprint density at radius 1 is 1.33 bits per heavy atom. The Morgan fingerprint density at radius 2 is 1.95 bits per heavy atom. The topological polar surface area (TPSA) is 111 Å². The number of nitrogens with one attached hydrogen (secondary N) is 2. The van der Waals surface area contributed by atoms with Gasteiger partial charge in [-0.25, -0.2) is 8.42 Å². The van der Waals surface area contributed by atoms with Gasteiger partial charge in [-0.15, -0.1) is 0 Å². The van der Waals surface area contributed by atoms with Crippen LogP contribution in [0.1, 0.15) is 12.5 Å². The number of rotatable bonds is 8. The first-order valence-electron chi connectivity index (χ1n) is 6.48. The molecule has 0 saturated carbocycles. The SMILES string of the molecule is COCCNC(=O)C(C)NS(=O)(=O)c1ccc(CN)cc1. The standard InChI is InChI=1S/C13H21N3O4S/c1-10(13(17)15-7-8-20-2)16-21(18,19)12-5-3-11(9-14)4-6-12/h3-6,10,16H,7-9,14H2,1-2H3,(H,15,17). The molecule has 0 spiro atoms. The molecule has 1 rings (SSSR count). The summed E-state index contributed by atoms with van der Waals surface area (Å²) in [6.07, 6.45) is 0. The van der Waals surface area contributed by atoms with Crippen molar-refractivity contribution in [2.24, 2.45) is 5.73 Å². The average Bonchev–Trinajstić information content (AvgIpc) is 2.47. The second kappa shape index (κ2) is 8.08. The first kappa shape index (κ1) is 17.6. The number of hydrogen-bond donors (Lipinski definition) is 3. The Balaban J connectivity index is 2.68. The van der Waals surface area contributed by atoms with Gasteiger partial charge in [-0.3, -0.25) is 4.79 Å². The monoisotopic (exact) mass is 315 g/mol. The van der Waals surface area contributed by atoms with Gasteiger partial charge >= 0.3 is 0 Å². The van der Waals surface area contributed by atoms with Gasteiger partial charge in [-0.2, -0.15) is 4.72 Å². The molecule has 1 unspecified atom stereocenters. The summed E-state index contributed by atoms with van der Waals surface area (Å²) in [5, 5.41) is 2.57. The van der Waals surface area contributed by atoms with E-state index in [1.165, 1.54) is 26.2 Å². The predicted octanol–water partition coefficient (Wildman–Crippen LogP) is -0.425. The molecule has 0 aromatic heterocycles. The van der Waals surface area contributed by atoms with Crippen LogP contribution in [-0.2, 0) is 26.1 Å². The first-order valence-corrected chi connectivity index (χ1v) is 7.97. The molecule has 21 heavy (non-hydrogen) atoms. The van der Waals surface area contributed by atoms with Gasteiger partial charge in [-0.05, 0) is 24.6 Å². The van der Waals surface area contributed by atoms with Crippen LogP contribution >= 0.6 is 0 Å². The third kappa shape index (κ3) is 5.43. The summed E-state index contributed by atoms with van der Waals surface area (Å²) in [5.41, 5.74) is 6.29. The maximum atomic E-state index is 12.1. The largest absolute Gasteiger partial charge is 0.383 e. The molecule has 118 valence electrons. The van der Waals surface area contributed by atoms with Crippen molar-refractivity contribution < 1.29 is 17.9 Å². The molecule has 7 nitrogen and oxygen atoms in total. The van der Waals surface area contributed by atoms with E-state index in [1.807, 2.05) is 0 Å². The fourth-order valence-electron chi connectivity index (χ4n) is 1.59. The van der Waals surface area contributed by atoms with Gasteiger partial charge in [0.2, 0.25) is 15.9 Å². The second-order valence-corrected chi connectivity index (χ2v) is 6.19. The highest BCUT2D eigenvalue weighted by Gasteiger charge is 2.21. The lowest BCUT2D eigenvalue weighted by molar-refractivity contribution is -0.122. The predicted molar refractivity (Wildman–Crippen MR) is 79.0 cm³/mol. The van der Waals surface area contributed by atoms with Gasteiger partial charge in [0.1, 0.15) is 0 Å². The van der Waals surface area contributed by atoms with Crippen LogP contribution in [0.25, 0.3) is 0 Å². The third-order valence-corrected chi connectivity index (χ3v) is 4.36. The molecular formula is C13H21N3O4S.